The minimum atomic E-state index is -0.144. The molecule has 0 aliphatic rings. The molecule has 4 heteroatoms. The standard InChI is InChI=1S/C10H22N2O2/c1-8(6-10(2,3)14-5)12-7-9(13)11-4/h8,12H,6-7H2,1-5H3,(H,11,13). The molecule has 1 atom stereocenters. The number of nitrogens with one attached hydrogen (secondary N) is 2. The van der Waals surface area contributed by atoms with E-state index in [0.717, 1.165) is 6.42 Å². The van der Waals surface area contributed by atoms with Crippen LogP contribution in [-0.4, -0.2) is 38.3 Å². The fourth-order valence-electron chi connectivity index (χ4n) is 1.25. The molecular formula is C10H22N2O2. The summed E-state index contributed by atoms with van der Waals surface area (Å²) in [4.78, 5) is 10.9. The first-order valence-corrected chi connectivity index (χ1v) is 4.90. The third-order valence-corrected chi connectivity index (χ3v) is 2.24. The van der Waals surface area contributed by atoms with Crippen molar-refractivity contribution in [2.75, 3.05) is 20.7 Å². The fraction of sp³-hybridized carbons (Fsp3) is 0.900. The molecule has 2 N–H and O–H groups in total. The summed E-state index contributed by atoms with van der Waals surface area (Å²) in [5.41, 5.74) is -0.144. The normalized spacial score (nSPS) is 13.8. The van der Waals surface area contributed by atoms with E-state index in [1.54, 1.807) is 14.2 Å². The Kier molecular flexibility index (Phi) is 5.72. The van der Waals surface area contributed by atoms with Crippen LogP contribution in [0.5, 0.6) is 0 Å². The van der Waals surface area contributed by atoms with Gasteiger partial charge < -0.3 is 15.4 Å². The predicted octanol–water partition coefficient (Wildman–Crippen LogP) is 0.526. The van der Waals surface area contributed by atoms with E-state index in [2.05, 4.69) is 10.6 Å². The molecule has 1 amide bonds. The van der Waals surface area contributed by atoms with E-state index in [1.165, 1.54) is 0 Å². The molecule has 0 aliphatic heterocycles. The van der Waals surface area contributed by atoms with Crippen LogP contribution < -0.4 is 10.6 Å². The van der Waals surface area contributed by atoms with Crippen molar-refractivity contribution in [3.8, 4) is 0 Å². The van der Waals surface area contributed by atoms with E-state index >= 15 is 0 Å². The molecule has 0 fully saturated rings. The largest absolute Gasteiger partial charge is 0.379 e. The maximum atomic E-state index is 10.9. The molecule has 0 aromatic carbocycles. The van der Waals surface area contributed by atoms with Gasteiger partial charge in [-0.2, -0.15) is 0 Å². The second-order valence-electron chi connectivity index (χ2n) is 4.12. The molecule has 84 valence electrons. The van der Waals surface area contributed by atoms with Crippen LogP contribution >= 0.6 is 0 Å². The molecule has 0 aliphatic carbocycles. The topological polar surface area (TPSA) is 50.4 Å². The van der Waals surface area contributed by atoms with Crippen molar-refractivity contribution >= 4 is 5.91 Å². The monoisotopic (exact) mass is 202 g/mol. The third-order valence-electron chi connectivity index (χ3n) is 2.24. The van der Waals surface area contributed by atoms with E-state index in [-0.39, 0.29) is 17.6 Å². The van der Waals surface area contributed by atoms with Crippen molar-refractivity contribution in [3.63, 3.8) is 0 Å². The molecule has 4 nitrogen and oxygen atoms in total. The quantitative estimate of drug-likeness (QED) is 0.660. The highest BCUT2D eigenvalue weighted by Gasteiger charge is 2.19. The van der Waals surface area contributed by atoms with Crippen LogP contribution in [-0.2, 0) is 9.53 Å². The number of amides is 1. The lowest BCUT2D eigenvalue weighted by Gasteiger charge is -2.26. The average molecular weight is 202 g/mol. The Morgan fingerprint density at radius 3 is 2.50 bits per heavy atom. The van der Waals surface area contributed by atoms with Gasteiger partial charge in [0.15, 0.2) is 0 Å². The van der Waals surface area contributed by atoms with E-state index in [9.17, 15) is 4.79 Å². The second kappa shape index (κ2) is 5.98. The number of methoxy groups -OCH3 is 1. The minimum absolute atomic E-state index is 0.00655. The third kappa shape index (κ3) is 5.94. The Morgan fingerprint density at radius 2 is 2.07 bits per heavy atom. The Hall–Kier alpha value is -0.610. The molecule has 0 heterocycles. The van der Waals surface area contributed by atoms with Crippen LogP contribution in [0.25, 0.3) is 0 Å². The summed E-state index contributed by atoms with van der Waals surface area (Å²) in [6.45, 7) is 6.47. The van der Waals surface area contributed by atoms with Crippen molar-refractivity contribution in [2.24, 2.45) is 0 Å². The van der Waals surface area contributed by atoms with Gasteiger partial charge in [-0.05, 0) is 27.2 Å². The molecule has 0 aromatic rings. The van der Waals surface area contributed by atoms with Gasteiger partial charge in [-0.3, -0.25) is 4.79 Å². The summed E-state index contributed by atoms with van der Waals surface area (Å²) >= 11 is 0. The van der Waals surface area contributed by atoms with E-state index in [4.69, 9.17) is 4.74 Å². The number of rotatable bonds is 6. The number of hydrogen-bond donors (Lipinski definition) is 2. The van der Waals surface area contributed by atoms with Gasteiger partial charge in [0.25, 0.3) is 0 Å². The van der Waals surface area contributed by atoms with Crippen molar-refractivity contribution < 1.29 is 9.53 Å². The van der Waals surface area contributed by atoms with Gasteiger partial charge in [0.2, 0.25) is 5.91 Å². The number of carbonyl (C=O) groups excluding carboxylic acids is 1. The molecular weight excluding hydrogens is 180 g/mol. The van der Waals surface area contributed by atoms with Crippen LogP contribution in [0.15, 0.2) is 0 Å². The van der Waals surface area contributed by atoms with Gasteiger partial charge in [-0.25, -0.2) is 0 Å². The highest BCUT2D eigenvalue weighted by atomic mass is 16.5. The second-order valence-corrected chi connectivity index (χ2v) is 4.12. The summed E-state index contributed by atoms with van der Waals surface area (Å²) < 4.78 is 5.30. The first-order valence-electron chi connectivity index (χ1n) is 4.90. The first kappa shape index (κ1) is 13.4. The molecule has 0 aromatic heterocycles. The minimum Gasteiger partial charge on any atom is -0.379 e. The van der Waals surface area contributed by atoms with Crippen molar-refractivity contribution in [1.29, 1.82) is 0 Å². The molecule has 0 saturated carbocycles. The summed E-state index contributed by atoms with van der Waals surface area (Å²) in [7, 11) is 3.33. The van der Waals surface area contributed by atoms with Gasteiger partial charge in [-0.15, -0.1) is 0 Å². The zero-order chi connectivity index (χ0) is 11.2. The summed E-state index contributed by atoms with van der Waals surface area (Å²) in [5.74, 6) is 0.00655. The lowest BCUT2D eigenvalue weighted by molar-refractivity contribution is -0.120. The highest BCUT2D eigenvalue weighted by molar-refractivity contribution is 5.77. The molecule has 0 radical (unpaired) electrons. The van der Waals surface area contributed by atoms with Gasteiger partial charge in [0.1, 0.15) is 0 Å². The maximum Gasteiger partial charge on any atom is 0.233 e. The zero-order valence-electron chi connectivity index (χ0n) is 9.81. The van der Waals surface area contributed by atoms with E-state index in [0.29, 0.717) is 6.54 Å². The van der Waals surface area contributed by atoms with E-state index < -0.39 is 0 Å². The van der Waals surface area contributed by atoms with Gasteiger partial charge in [-0.1, -0.05) is 0 Å². The number of ether oxygens (including phenoxy) is 1. The number of likely N-dealkylation sites (N-methyl/N-ethyl adjacent to an activating group) is 1. The van der Waals surface area contributed by atoms with Crippen molar-refractivity contribution in [1.82, 2.24) is 10.6 Å². The van der Waals surface area contributed by atoms with Gasteiger partial charge in [0.05, 0.1) is 12.1 Å². The van der Waals surface area contributed by atoms with Gasteiger partial charge in [0, 0.05) is 20.2 Å². The molecule has 0 spiro atoms. The van der Waals surface area contributed by atoms with Gasteiger partial charge >= 0.3 is 0 Å². The van der Waals surface area contributed by atoms with Crippen molar-refractivity contribution in [2.45, 2.75) is 38.8 Å². The van der Waals surface area contributed by atoms with Crippen LogP contribution in [0.2, 0.25) is 0 Å². The first-order chi connectivity index (χ1) is 6.41. The predicted molar refractivity (Wildman–Crippen MR) is 57.2 cm³/mol. The lowest BCUT2D eigenvalue weighted by atomic mass is 10.00. The molecule has 0 rings (SSSR count). The molecule has 14 heavy (non-hydrogen) atoms. The van der Waals surface area contributed by atoms with Crippen LogP contribution in [0.3, 0.4) is 0 Å². The number of hydrogen-bond acceptors (Lipinski definition) is 3. The van der Waals surface area contributed by atoms with E-state index in [1.807, 2.05) is 20.8 Å². The Morgan fingerprint density at radius 1 is 1.50 bits per heavy atom. The summed E-state index contributed by atoms with van der Waals surface area (Å²) in [6.07, 6.45) is 0.875. The molecule has 1 unspecified atom stereocenters. The zero-order valence-corrected chi connectivity index (χ0v) is 9.81. The maximum absolute atomic E-state index is 10.9. The lowest BCUT2D eigenvalue weighted by Crippen LogP contribution is -2.40. The smallest absolute Gasteiger partial charge is 0.233 e. The van der Waals surface area contributed by atoms with Crippen molar-refractivity contribution in [3.05, 3.63) is 0 Å². The SMILES string of the molecule is CNC(=O)CNC(C)CC(C)(C)OC. The molecule has 0 saturated heterocycles. The average Bonchev–Trinajstić information content (AvgIpc) is 2.13. The summed E-state index contributed by atoms with van der Waals surface area (Å²) in [6, 6.07) is 0.266. The Balaban J connectivity index is 3.75. The van der Waals surface area contributed by atoms with Crippen LogP contribution in [0.1, 0.15) is 27.2 Å². The fourth-order valence-corrected chi connectivity index (χ4v) is 1.25. The Bertz CT molecular complexity index is 181. The molecule has 0 bridgehead atoms. The highest BCUT2D eigenvalue weighted by Crippen LogP contribution is 2.14. The number of carbonyl (C=O) groups is 1. The van der Waals surface area contributed by atoms with Crippen LogP contribution in [0.4, 0.5) is 0 Å². The Labute approximate surface area is 86.4 Å². The van der Waals surface area contributed by atoms with Crippen LogP contribution in [0, 0.1) is 0 Å². The summed E-state index contributed by atoms with van der Waals surface area (Å²) in [5, 5.41) is 5.70.